The maximum atomic E-state index is 5.64. The molecule has 1 radical (unpaired) electrons. The summed E-state index contributed by atoms with van der Waals surface area (Å²) in [6.45, 7) is 2.10. The van der Waals surface area contributed by atoms with E-state index in [1.165, 1.54) is 0 Å². The highest BCUT2D eigenvalue weighted by Gasteiger charge is 2.06. The zero-order valence-electron chi connectivity index (χ0n) is 5.26. The average Bonchev–Trinajstić information content (AvgIpc) is 2.18. The van der Waals surface area contributed by atoms with Crippen molar-refractivity contribution < 1.29 is 0 Å². The van der Waals surface area contributed by atoms with Crippen LogP contribution in [0.4, 0.5) is 0 Å². The third-order valence-corrected chi connectivity index (χ3v) is 1.46. The Labute approximate surface area is 59.6 Å². The van der Waals surface area contributed by atoms with E-state index in [-0.39, 0.29) is 0 Å². The fraction of sp³-hybridized carbons (Fsp3) is 0.500. The quantitative estimate of drug-likeness (QED) is 0.528. The van der Waals surface area contributed by atoms with Crippen molar-refractivity contribution in [3.63, 3.8) is 0 Å². The first-order valence-electron chi connectivity index (χ1n) is 2.97. The van der Waals surface area contributed by atoms with Crippen molar-refractivity contribution in [3.8, 4) is 0 Å². The Balaban J connectivity index is 2.54. The van der Waals surface area contributed by atoms with Gasteiger partial charge in [0.05, 0.1) is 6.21 Å². The van der Waals surface area contributed by atoms with Gasteiger partial charge in [-0.25, -0.2) is 0 Å². The molecule has 0 unspecified atom stereocenters. The highest BCUT2D eigenvalue weighted by molar-refractivity contribution is 6.31. The fourth-order valence-electron chi connectivity index (χ4n) is 0.704. The summed E-state index contributed by atoms with van der Waals surface area (Å²) in [5.74, 6) is 0. The first kappa shape index (κ1) is 6.62. The van der Waals surface area contributed by atoms with Gasteiger partial charge in [-0.1, -0.05) is 24.9 Å². The minimum absolute atomic E-state index is 0.553. The van der Waals surface area contributed by atoms with Crippen LogP contribution in [-0.4, -0.2) is 6.21 Å². The van der Waals surface area contributed by atoms with Crippen molar-refractivity contribution in [2.24, 2.45) is 5.10 Å². The zero-order valence-corrected chi connectivity index (χ0v) is 6.02. The van der Waals surface area contributed by atoms with Crippen molar-refractivity contribution in [3.05, 3.63) is 10.7 Å². The van der Waals surface area contributed by atoms with E-state index >= 15 is 0 Å². The average molecular weight is 144 g/mol. The Morgan fingerprint density at radius 2 is 2.44 bits per heavy atom. The molecule has 1 heterocycles. The molecule has 1 aliphatic heterocycles. The van der Waals surface area contributed by atoms with E-state index in [0.717, 1.165) is 18.4 Å². The second kappa shape index (κ2) is 2.87. The van der Waals surface area contributed by atoms with E-state index in [4.69, 9.17) is 11.6 Å². The highest BCUT2D eigenvalue weighted by Crippen LogP contribution is 2.15. The van der Waals surface area contributed by atoms with Crippen molar-refractivity contribution in [2.45, 2.75) is 19.8 Å². The maximum absolute atomic E-state index is 5.64. The third kappa shape index (κ3) is 1.45. The van der Waals surface area contributed by atoms with Crippen molar-refractivity contribution in [1.29, 1.82) is 0 Å². The van der Waals surface area contributed by atoms with Crippen LogP contribution in [0, 0.1) is 0 Å². The lowest BCUT2D eigenvalue weighted by Crippen LogP contribution is -1.85. The van der Waals surface area contributed by atoms with Gasteiger partial charge in [0, 0.05) is 5.57 Å². The molecule has 0 bridgehead atoms. The van der Waals surface area contributed by atoms with Gasteiger partial charge in [-0.2, -0.15) is 5.10 Å². The molecule has 0 saturated heterocycles. The van der Waals surface area contributed by atoms with E-state index in [0.29, 0.717) is 5.16 Å². The molecule has 0 amide bonds. The second-order valence-electron chi connectivity index (χ2n) is 1.91. The molecule has 0 atom stereocenters. The summed E-state index contributed by atoms with van der Waals surface area (Å²) in [5.41, 5.74) is 4.71. The number of hydrogen-bond acceptors (Lipinski definition) is 1. The second-order valence-corrected chi connectivity index (χ2v) is 2.27. The molecular weight excluding hydrogens is 136 g/mol. The topological polar surface area (TPSA) is 26.5 Å². The highest BCUT2D eigenvalue weighted by atomic mass is 35.5. The number of rotatable bonds is 2. The van der Waals surface area contributed by atoms with Gasteiger partial charge in [0.15, 0.2) is 5.16 Å². The molecular formula is C6H8ClN2. The molecule has 2 nitrogen and oxygen atoms in total. The van der Waals surface area contributed by atoms with E-state index < -0.39 is 0 Å². The van der Waals surface area contributed by atoms with Crippen LogP contribution < -0.4 is 5.43 Å². The van der Waals surface area contributed by atoms with Gasteiger partial charge in [0.2, 0.25) is 0 Å². The Hall–Kier alpha value is -0.500. The molecule has 3 heteroatoms. The Morgan fingerprint density at radius 3 is 2.89 bits per heavy atom. The van der Waals surface area contributed by atoms with Crippen LogP contribution in [0.15, 0.2) is 15.8 Å². The Kier molecular flexibility index (Phi) is 2.11. The predicted molar refractivity (Wildman–Crippen MR) is 38.4 cm³/mol. The van der Waals surface area contributed by atoms with Gasteiger partial charge in [-0.15, -0.1) is 5.43 Å². The summed E-state index contributed by atoms with van der Waals surface area (Å²) in [4.78, 5) is 0. The molecule has 0 aromatic carbocycles. The molecule has 0 aliphatic carbocycles. The van der Waals surface area contributed by atoms with E-state index in [1.54, 1.807) is 6.21 Å². The monoisotopic (exact) mass is 143 g/mol. The largest absolute Gasteiger partial charge is 0.157 e. The van der Waals surface area contributed by atoms with E-state index in [9.17, 15) is 0 Å². The first-order valence-corrected chi connectivity index (χ1v) is 3.35. The molecule has 0 saturated carbocycles. The van der Waals surface area contributed by atoms with Crippen LogP contribution in [0.25, 0.3) is 0 Å². The number of nitrogens with zero attached hydrogens (tertiary/aromatic N) is 2. The van der Waals surface area contributed by atoms with Crippen LogP contribution in [0.2, 0.25) is 0 Å². The SMILES string of the molecule is CCCC1=C(Cl)[N]N=C1. The lowest BCUT2D eigenvalue weighted by Gasteiger charge is -1.91. The van der Waals surface area contributed by atoms with Gasteiger partial charge in [-0.05, 0) is 6.42 Å². The number of allylic oxidation sites excluding steroid dienone is 1. The van der Waals surface area contributed by atoms with Gasteiger partial charge < -0.3 is 0 Å². The Morgan fingerprint density at radius 1 is 1.67 bits per heavy atom. The fourth-order valence-corrected chi connectivity index (χ4v) is 0.891. The Bertz CT molecular complexity index is 160. The van der Waals surface area contributed by atoms with Gasteiger partial charge in [0.25, 0.3) is 0 Å². The van der Waals surface area contributed by atoms with Gasteiger partial charge in [0.1, 0.15) is 0 Å². The molecule has 1 aliphatic rings. The van der Waals surface area contributed by atoms with Crippen molar-refractivity contribution >= 4 is 17.8 Å². The maximum Gasteiger partial charge on any atom is 0.156 e. The van der Waals surface area contributed by atoms with Crippen molar-refractivity contribution in [1.82, 2.24) is 5.43 Å². The summed E-state index contributed by atoms with van der Waals surface area (Å²) < 4.78 is 0. The summed E-state index contributed by atoms with van der Waals surface area (Å²) in [5, 5.41) is 4.21. The molecule has 0 spiro atoms. The van der Waals surface area contributed by atoms with E-state index in [1.807, 2.05) is 0 Å². The van der Waals surface area contributed by atoms with Gasteiger partial charge in [-0.3, -0.25) is 0 Å². The first-order chi connectivity index (χ1) is 4.34. The summed E-state index contributed by atoms with van der Waals surface area (Å²) >= 11 is 5.64. The van der Waals surface area contributed by atoms with Crippen LogP contribution >= 0.6 is 11.6 Å². The molecule has 0 aromatic heterocycles. The van der Waals surface area contributed by atoms with Gasteiger partial charge >= 0.3 is 0 Å². The molecule has 0 N–H and O–H groups in total. The molecule has 49 valence electrons. The minimum atomic E-state index is 0.553. The minimum Gasteiger partial charge on any atom is -0.157 e. The molecule has 9 heavy (non-hydrogen) atoms. The molecule has 0 fully saturated rings. The van der Waals surface area contributed by atoms with Crippen LogP contribution in [0.3, 0.4) is 0 Å². The predicted octanol–water partition coefficient (Wildman–Crippen LogP) is 1.84. The number of hydrogen-bond donors (Lipinski definition) is 0. The van der Waals surface area contributed by atoms with Crippen LogP contribution in [0.5, 0.6) is 0 Å². The molecule has 0 aromatic rings. The van der Waals surface area contributed by atoms with Crippen LogP contribution in [0.1, 0.15) is 19.8 Å². The van der Waals surface area contributed by atoms with Crippen LogP contribution in [-0.2, 0) is 0 Å². The van der Waals surface area contributed by atoms with E-state index in [2.05, 4.69) is 17.5 Å². The normalized spacial score (nSPS) is 16.7. The summed E-state index contributed by atoms with van der Waals surface area (Å²) in [6.07, 6.45) is 3.78. The third-order valence-electron chi connectivity index (χ3n) is 1.14. The smallest absolute Gasteiger partial charge is 0.156 e. The lowest BCUT2D eigenvalue weighted by atomic mass is 10.2. The lowest BCUT2D eigenvalue weighted by molar-refractivity contribution is 0.912. The summed E-state index contributed by atoms with van der Waals surface area (Å²) in [6, 6.07) is 0. The van der Waals surface area contributed by atoms with Crippen molar-refractivity contribution in [2.75, 3.05) is 0 Å². The number of halogens is 1. The standard InChI is InChI=1S/C6H8ClN2/c1-2-3-5-4-8-9-6(5)7/h4H,2-3H2,1H3. The zero-order chi connectivity index (χ0) is 6.69. The summed E-state index contributed by atoms with van der Waals surface area (Å²) in [7, 11) is 0. The molecule has 1 rings (SSSR count).